The maximum absolute atomic E-state index is 12.4. The highest BCUT2D eigenvalue weighted by atomic mass is 35.5. The number of nitrogens with zero attached hydrogens (tertiary/aromatic N) is 1. The van der Waals surface area contributed by atoms with E-state index in [1.807, 2.05) is 19.1 Å². The molecule has 2 aromatic carbocycles. The van der Waals surface area contributed by atoms with Gasteiger partial charge in [0, 0.05) is 31.8 Å². The molecule has 3 rings (SSSR count). The molecule has 0 unspecified atom stereocenters. The Morgan fingerprint density at radius 1 is 1.23 bits per heavy atom. The van der Waals surface area contributed by atoms with E-state index in [4.69, 9.17) is 21.1 Å². The van der Waals surface area contributed by atoms with Gasteiger partial charge in [-0.15, -0.1) is 0 Å². The third-order valence-corrected chi connectivity index (χ3v) is 5.59. The SMILES string of the molecule is CCCOc1c(Cl)cc(/C=C/C(=O)NC2CCN(Cc3ccccc3)CC2)cc1OC. The minimum atomic E-state index is -0.0945. The van der Waals surface area contributed by atoms with Crippen LogP contribution in [0.4, 0.5) is 0 Å². The highest BCUT2D eigenvalue weighted by Gasteiger charge is 2.20. The molecule has 1 N–H and O–H groups in total. The Morgan fingerprint density at radius 3 is 2.65 bits per heavy atom. The molecular formula is C25H31ClN2O3. The van der Waals surface area contributed by atoms with Gasteiger partial charge in [0.05, 0.1) is 18.7 Å². The van der Waals surface area contributed by atoms with Gasteiger partial charge in [-0.25, -0.2) is 0 Å². The van der Waals surface area contributed by atoms with Crippen LogP contribution < -0.4 is 14.8 Å². The molecule has 0 atom stereocenters. The maximum atomic E-state index is 12.4. The van der Waals surface area contributed by atoms with Gasteiger partial charge in [-0.2, -0.15) is 0 Å². The fraction of sp³-hybridized carbons (Fsp3) is 0.400. The van der Waals surface area contributed by atoms with Crippen molar-refractivity contribution in [2.24, 2.45) is 0 Å². The monoisotopic (exact) mass is 442 g/mol. The summed E-state index contributed by atoms with van der Waals surface area (Å²) in [6.07, 6.45) is 6.09. The van der Waals surface area contributed by atoms with Gasteiger partial charge in [0.25, 0.3) is 0 Å². The lowest BCUT2D eigenvalue weighted by Gasteiger charge is -2.32. The van der Waals surface area contributed by atoms with Crippen molar-refractivity contribution in [1.82, 2.24) is 10.2 Å². The first-order valence-corrected chi connectivity index (χ1v) is 11.2. The van der Waals surface area contributed by atoms with Crippen molar-refractivity contribution >= 4 is 23.6 Å². The van der Waals surface area contributed by atoms with Crippen molar-refractivity contribution in [3.05, 3.63) is 64.7 Å². The molecule has 1 saturated heterocycles. The van der Waals surface area contributed by atoms with Crippen molar-refractivity contribution in [3.63, 3.8) is 0 Å². The largest absolute Gasteiger partial charge is 0.493 e. The van der Waals surface area contributed by atoms with Crippen LogP contribution in [0.2, 0.25) is 5.02 Å². The summed E-state index contributed by atoms with van der Waals surface area (Å²) in [5.41, 5.74) is 2.12. The van der Waals surface area contributed by atoms with Crippen LogP contribution >= 0.6 is 11.6 Å². The number of hydrogen-bond donors (Lipinski definition) is 1. The number of benzene rings is 2. The lowest BCUT2D eigenvalue weighted by molar-refractivity contribution is -0.117. The predicted molar refractivity (Wildman–Crippen MR) is 126 cm³/mol. The average Bonchev–Trinajstić information content (AvgIpc) is 2.78. The summed E-state index contributed by atoms with van der Waals surface area (Å²) < 4.78 is 11.1. The van der Waals surface area contributed by atoms with Crippen molar-refractivity contribution in [1.29, 1.82) is 0 Å². The summed E-state index contributed by atoms with van der Waals surface area (Å²) in [4.78, 5) is 14.8. The topological polar surface area (TPSA) is 50.8 Å². The number of ether oxygens (including phenoxy) is 2. The fourth-order valence-electron chi connectivity index (χ4n) is 3.68. The Labute approximate surface area is 190 Å². The number of hydrogen-bond acceptors (Lipinski definition) is 4. The zero-order valence-electron chi connectivity index (χ0n) is 18.3. The van der Waals surface area contributed by atoms with Crippen LogP contribution in [0.1, 0.15) is 37.3 Å². The highest BCUT2D eigenvalue weighted by Crippen LogP contribution is 2.36. The van der Waals surface area contributed by atoms with E-state index in [-0.39, 0.29) is 11.9 Å². The Balaban J connectivity index is 1.50. The second-order valence-corrected chi connectivity index (χ2v) is 8.17. The maximum Gasteiger partial charge on any atom is 0.244 e. The molecule has 0 radical (unpaired) electrons. The number of rotatable bonds is 9. The molecule has 1 aliphatic heterocycles. The second kappa shape index (κ2) is 11.8. The number of carbonyl (C=O) groups is 1. The molecule has 0 spiro atoms. The average molecular weight is 443 g/mol. The first-order valence-electron chi connectivity index (χ1n) is 10.8. The zero-order valence-corrected chi connectivity index (χ0v) is 19.0. The quantitative estimate of drug-likeness (QED) is 0.559. The molecule has 0 bridgehead atoms. The fourth-order valence-corrected chi connectivity index (χ4v) is 3.95. The van der Waals surface area contributed by atoms with E-state index in [1.54, 1.807) is 25.3 Å². The molecule has 31 heavy (non-hydrogen) atoms. The van der Waals surface area contributed by atoms with Gasteiger partial charge in [-0.1, -0.05) is 48.9 Å². The van der Waals surface area contributed by atoms with Crippen molar-refractivity contribution in [3.8, 4) is 11.5 Å². The molecule has 0 saturated carbocycles. The predicted octanol–water partition coefficient (Wildman–Crippen LogP) is 4.93. The summed E-state index contributed by atoms with van der Waals surface area (Å²) in [5.74, 6) is 1.00. The molecule has 1 aliphatic rings. The van der Waals surface area contributed by atoms with E-state index in [1.165, 1.54) is 5.56 Å². The molecular weight excluding hydrogens is 412 g/mol. The van der Waals surface area contributed by atoms with Crippen molar-refractivity contribution < 1.29 is 14.3 Å². The van der Waals surface area contributed by atoms with E-state index in [0.717, 1.165) is 44.5 Å². The smallest absolute Gasteiger partial charge is 0.244 e. The summed E-state index contributed by atoms with van der Waals surface area (Å²) in [5, 5.41) is 3.59. The van der Waals surface area contributed by atoms with Crippen molar-refractivity contribution in [2.45, 2.75) is 38.8 Å². The lowest BCUT2D eigenvalue weighted by Crippen LogP contribution is -2.43. The van der Waals surface area contributed by atoms with Gasteiger partial charge in [0.2, 0.25) is 5.91 Å². The number of nitrogens with one attached hydrogen (secondary N) is 1. The molecule has 0 aliphatic carbocycles. The molecule has 1 heterocycles. The Hall–Kier alpha value is -2.50. The van der Waals surface area contributed by atoms with Gasteiger partial charge in [0.1, 0.15) is 0 Å². The van der Waals surface area contributed by atoms with Crippen LogP contribution in [0.15, 0.2) is 48.5 Å². The third-order valence-electron chi connectivity index (χ3n) is 5.31. The van der Waals surface area contributed by atoms with E-state index < -0.39 is 0 Å². The van der Waals surface area contributed by atoms with E-state index in [0.29, 0.717) is 23.1 Å². The number of carbonyl (C=O) groups excluding carboxylic acids is 1. The van der Waals surface area contributed by atoms with Crippen LogP contribution in [-0.2, 0) is 11.3 Å². The van der Waals surface area contributed by atoms with Crippen LogP contribution in [0.3, 0.4) is 0 Å². The number of methoxy groups -OCH3 is 1. The Morgan fingerprint density at radius 2 is 1.97 bits per heavy atom. The molecule has 6 heteroatoms. The van der Waals surface area contributed by atoms with E-state index in [2.05, 4.69) is 34.5 Å². The summed E-state index contributed by atoms with van der Waals surface area (Å²) >= 11 is 6.35. The molecule has 5 nitrogen and oxygen atoms in total. The van der Waals surface area contributed by atoms with Gasteiger partial charge < -0.3 is 14.8 Å². The van der Waals surface area contributed by atoms with Gasteiger partial charge in [-0.3, -0.25) is 9.69 Å². The molecule has 0 aromatic heterocycles. The minimum absolute atomic E-state index is 0.0945. The number of likely N-dealkylation sites (tertiary alicyclic amines) is 1. The number of piperidine rings is 1. The third kappa shape index (κ3) is 7.01. The van der Waals surface area contributed by atoms with Crippen LogP contribution in [-0.4, -0.2) is 43.7 Å². The molecule has 1 fully saturated rings. The van der Waals surface area contributed by atoms with E-state index >= 15 is 0 Å². The first-order chi connectivity index (χ1) is 15.1. The van der Waals surface area contributed by atoms with Gasteiger partial charge in [0.15, 0.2) is 11.5 Å². The molecule has 166 valence electrons. The van der Waals surface area contributed by atoms with Crippen LogP contribution in [0.5, 0.6) is 11.5 Å². The zero-order chi connectivity index (χ0) is 22.1. The standard InChI is InChI=1S/C25H31ClN2O3/c1-3-15-31-25-22(26)16-20(17-23(25)30-2)9-10-24(29)27-21-11-13-28(14-12-21)18-19-7-5-4-6-8-19/h4-10,16-17,21H,3,11-15,18H2,1-2H3,(H,27,29)/b10-9+. The Bertz CT molecular complexity index is 878. The number of halogens is 1. The first kappa shape index (κ1) is 23.2. The minimum Gasteiger partial charge on any atom is -0.493 e. The summed E-state index contributed by atoms with van der Waals surface area (Å²) in [6.45, 7) is 5.52. The number of amides is 1. The van der Waals surface area contributed by atoms with Crippen LogP contribution in [0.25, 0.3) is 6.08 Å². The molecule has 1 amide bonds. The highest BCUT2D eigenvalue weighted by molar-refractivity contribution is 6.32. The summed E-state index contributed by atoms with van der Waals surface area (Å²) in [6, 6.07) is 14.3. The van der Waals surface area contributed by atoms with E-state index in [9.17, 15) is 4.79 Å². The van der Waals surface area contributed by atoms with Crippen molar-refractivity contribution in [2.75, 3.05) is 26.8 Å². The van der Waals surface area contributed by atoms with Crippen LogP contribution in [0, 0.1) is 0 Å². The van der Waals surface area contributed by atoms with Gasteiger partial charge in [-0.05, 0) is 48.6 Å². The summed E-state index contributed by atoms with van der Waals surface area (Å²) in [7, 11) is 1.58. The Kier molecular flexibility index (Phi) is 8.80. The molecule has 2 aromatic rings. The lowest BCUT2D eigenvalue weighted by atomic mass is 10.0. The normalized spacial score (nSPS) is 15.2. The second-order valence-electron chi connectivity index (χ2n) is 7.76. The van der Waals surface area contributed by atoms with Gasteiger partial charge >= 0.3 is 0 Å².